The van der Waals surface area contributed by atoms with Gasteiger partial charge in [-0.05, 0) is 49.4 Å². The zero-order valence-corrected chi connectivity index (χ0v) is 9.63. The highest BCUT2D eigenvalue weighted by Gasteiger charge is 1.98. The number of rotatable bonds is 4. The lowest BCUT2D eigenvalue weighted by atomic mass is 10.1. The molecule has 0 unspecified atom stereocenters. The molecule has 0 saturated heterocycles. The van der Waals surface area contributed by atoms with Crippen molar-refractivity contribution in [1.82, 2.24) is 0 Å². The van der Waals surface area contributed by atoms with Gasteiger partial charge in [-0.25, -0.2) is 0 Å². The van der Waals surface area contributed by atoms with Crippen LogP contribution in [0.25, 0.3) is 0 Å². The van der Waals surface area contributed by atoms with Crippen LogP contribution in [0, 0.1) is 19.8 Å². The summed E-state index contributed by atoms with van der Waals surface area (Å²) in [6.07, 6.45) is 1.12. The van der Waals surface area contributed by atoms with E-state index in [1.165, 1.54) is 11.1 Å². The molecular weight excluding hydrogens is 172 g/mol. The average Bonchev–Trinajstić information content (AvgIpc) is 2.01. The van der Waals surface area contributed by atoms with Crippen molar-refractivity contribution in [1.29, 1.82) is 0 Å². The Bertz CT molecular complexity index is 269. The molecule has 0 radical (unpaired) electrons. The second-order valence-corrected chi connectivity index (χ2v) is 4.35. The third-order valence-electron chi connectivity index (χ3n) is 2.16. The minimum Gasteiger partial charge on any atom is -0.494 e. The van der Waals surface area contributed by atoms with Crippen LogP contribution >= 0.6 is 0 Å². The quantitative estimate of drug-likeness (QED) is 0.706. The second-order valence-electron chi connectivity index (χ2n) is 4.35. The van der Waals surface area contributed by atoms with E-state index in [1.54, 1.807) is 0 Å². The van der Waals surface area contributed by atoms with Crippen molar-refractivity contribution in [3.8, 4) is 5.75 Å². The fourth-order valence-electron chi connectivity index (χ4n) is 1.43. The summed E-state index contributed by atoms with van der Waals surface area (Å²) in [4.78, 5) is 0. The lowest BCUT2D eigenvalue weighted by molar-refractivity contribution is 0.289. The maximum Gasteiger partial charge on any atom is 0.119 e. The summed E-state index contributed by atoms with van der Waals surface area (Å²) < 4.78 is 5.68. The van der Waals surface area contributed by atoms with Gasteiger partial charge in [0.05, 0.1) is 6.61 Å². The highest BCUT2D eigenvalue weighted by Crippen LogP contribution is 2.16. The van der Waals surface area contributed by atoms with Crippen LogP contribution in [0.1, 0.15) is 31.4 Å². The lowest BCUT2D eigenvalue weighted by Crippen LogP contribution is -2.01. The summed E-state index contributed by atoms with van der Waals surface area (Å²) in [7, 11) is 0. The first kappa shape index (κ1) is 11.1. The summed E-state index contributed by atoms with van der Waals surface area (Å²) in [6, 6.07) is 6.34. The van der Waals surface area contributed by atoms with E-state index >= 15 is 0 Å². The van der Waals surface area contributed by atoms with Crippen LogP contribution < -0.4 is 4.74 Å². The SMILES string of the molecule is Cc1cc(C)cc(OCCC(C)C)c1. The van der Waals surface area contributed by atoms with Crippen LogP contribution in [0.15, 0.2) is 18.2 Å². The molecule has 0 spiro atoms. The van der Waals surface area contributed by atoms with E-state index < -0.39 is 0 Å². The van der Waals surface area contributed by atoms with Crippen LogP contribution in [0.4, 0.5) is 0 Å². The number of benzene rings is 1. The Kier molecular flexibility index (Phi) is 3.99. The normalized spacial score (nSPS) is 10.6. The Balaban J connectivity index is 2.50. The zero-order valence-electron chi connectivity index (χ0n) is 9.63. The molecule has 0 fully saturated rings. The van der Waals surface area contributed by atoms with Crippen LogP contribution in [-0.4, -0.2) is 6.61 Å². The van der Waals surface area contributed by atoms with Crippen LogP contribution in [0.2, 0.25) is 0 Å². The zero-order chi connectivity index (χ0) is 10.6. The minimum absolute atomic E-state index is 0.709. The first-order chi connectivity index (χ1) is 6.58. The molecule has 78 valence electrons. The van der Waals surface area contributed by atoms with E-state index in [1.807, 2.05) is 0 Å². The number of ether oxygens (including phenoxy) is 1. The van der Waals surface area contributed by atoms with Gasteiger partial charge in [-0.3, -0.25) is 0 Å². The highest BCUT2D eigenvalue weighted by atomic mass is 16.5. The maximum absolute atomic E-state index is 5.68. The molecule has 1 rings (SSSR count). The van der Waals surface area contributed by atoms with Gasteiger partial charge in [0.2, 0.25) is 0 Å². The van der Waals surface area contributed by atoms with E-state index in [0.717, 1.165) is 18.8 Å². The molecule has 0 amide bonds. The summed E-state index contributed by atoms with van der Waals surface area (Å²) in [6.45, 7) is 9.45. The van der Waals surface area contributed by atoms with Gasteiger partial charge in [-0.15, -0.1) is 0 Å². The van der Waals surface area contributed by atoms with Gasteiger partial charge in [0.25, 0.3) is 0 Å². The van der Waals surface area contributed by atoms with Gasteiger partial charge in [-0.1, -0.05) is 19.9 Å². The molecule has 0 atom stereocenters. The van der Waals surface area contributed by atoms with Gasteiger partial charge in [0.15, 0.2) is 0 Å². The van der Waals surface area contributed by atoms with E-state index in [4.69, 9.17) is 4.74 Å². The van der Waals surface area contributed by atoms with Crippen molar-refractivity contribution in [2.75, 3.05) is 6.61 Å². The molecule has 0 N–H and O–H groups in total. The number of hydrogen-bond donors (Lipinski definition) is 0. The van der Waals surface area contributed by atoms with Crippen molar-refractivity contribution in [2.45, 2.75) is 34.1 Å². The molecule has 0 heterocycles. The summed E-state index contributed by atoms with van der Waals surface area (Å²) in [5.74, 6) is 1.71. The molecule has 0 aliphatic heterocycles. The Morgan fingerprint density at radius 3 is 2.14 bits per heavy atom. The van der Waals surface area contributed by atoms with E-state index in [9.17, 15) is 0 Å². The molecule has 0 aromatic heterocycles. The van der Waals surface area contributed by atoms with Crippen molar-refractivity contribution < 1.29 is 4.74 Å². The van der Waals surface area contributed by atoms with Crippen LogP contribution in [-0.2, 0) is 0 Å². The van der Waals surface area contributed by atoms with E-state index in [-0.39, 0.29) is 0 Å². The molecule has 1 heteroatoms. The summed E-state index contributed by atoms with van der Waals surface area (Å²) in [5.41, 5.74) is 2.54. The molecule has 0 saturated carbocycles. The molecule has 0 aliphatic rings. The predicted molar refractivity (Wildman–Crippen MR) is 60.9 cm³/mol. The first-order valence-electron chi connectivity index (χ1n) is 5.29. The second kappa shape index (κ2) is 5.04. The number of aryl methyl sites for hydroxylation is 2. The molecule has 0 aliphatic carbocycles. The Morgan fingerprint density at radius 1 is 1.07 bits per heavy atom. The maximum atomic E-state index is 5.68. The van der Waals surface area contributed by atoms with Crippen molar-refractivity contribution in [3.05, 3.63) is 29.3 Å². The van der Waals surface area contributed by atoms with Crippen LogP contribution in [0.5, 0.6) is 5.75 Å². The minimum atomic E-state index is 0.709. The van der Waals surface area contributed by atoms with E-state index in [0.29, 0.717) is 5.92 Å². The first-order valence-corrected chi connectivity index (χ1v) is 5.29. The monoisotopic (exact) mass is 192 g/mol. The fourth-order valence-corrected chi connectivity index (χ4v) is 1.43. The molecule has 1 aromatic rings. The highest BCUT2D eigenvalue weighted by molar-refractivity contribution is 5.32. The topological polar surface area (TPSA) is 9.23 Å². The predicted octanol–water partition coefficient (Wildman–Crippen LogP) is 3.73. The van der Waals surface area contributed by atoms with Crippen molar-refractivity contribution in [2.24, 2.45) is 5.92 Å². The number of hydrogen-bond acceptors (Lipinski definition) is 1. The Labute approximate surface area is 87.1 Å². The molecule has 1 nitrogen and oxygen atoms in total. The van der Waals surface area contributed by atoms with Crippen molar-refractivity contribution in [3.63, 3.8) is 0 Å². The molecule has 14 heavy (non-hydrogen) atoms. The van der Waals surface area contributed by atoms with E-state index in [2.05, 4.69) is 45.9 Å². The van der Waals surface area contributed by atoms with Gasteiger partial charge < -0.3 is 4.74 Å². The van der Waals surface area contributed by atoms with Gasteiger partial charge in [0.1, 0.15) is 5.75 Å². The largest absolute Gasteiger partial charge is 0.494 e. The Hall–Kier alpha value is -0.980. The van der Waals surface area contributed by atoms with Gasteiger partial charge in [0, 0.05) is 0 Å². The fraction of sp³-hybridized carbons (Fsp3) is 0.538. The van der Waals surface area contributed by atoms with Crippen molar-refractivity contribution >= 4 is 0 Å². The molecule has 1 aromatic carbocycles. The smallest absolute Gasteiger partial charge is 0.119 e. The standard InChI is InChI=1S/C13H20O/c1-10(2)5-6-14-13-8-11(3)7-12(4)9-13/h7-10H,5-6H2,1-4H3. The Morgan fingerprint density at radius 2 is 1.64 bits per heavy atom. The third kappa shape index (κ3) is 3.82. The summed E-state index contributed by atoms with van der Waals surface area (Å²) in [5, 5.41) is 0. The van der Waals surface area contributed by atoms with Crippen LogP contribution in [0.3, 0.4) is 0 Å². The van der Waals surface area contributed by atoms with Gasteiger partial charge in [-0.2, -0.15) is 0 Å². The third-order valence-corrected chi connectivity index (χ3v) is 2.16. The average molecular weight is 192 g/mol. The molecular formula is C13H20O. The molecule has 0 bridgehead atoms. The van der Waals surface area contributed by atoms with Gasteiger partial charge >= 0.3 is 0 Å². The summed E-state index contributed by atoms with van der Waals surface area (Å²) >= 11 is 0. The lowest BCUT2D eigenvalue weighted by Gasteiger charge is -2.09.